The molecule has 0 N–H and O–H groups in total. The van der Waals surface area contributed by atoms with E-state index in [9.17, 15) is 13.2 Å². The number of ether oxygens (including phenoxy) is 1. The highest BCUT2D eigenvalue weighted by atomic mass is 35.5. The van der Waals surface area contributed by atoms with Crippen molar-refractivity contribution in [2.24, 2.45) is 0 Å². The fourth-order valence-electron chi connectivity index (χ4n) is 0.900. The van der Waals surface area contributed by atoms with E-state index in [1.165, 1.54) is 13.2 Å². The molecule has 0 saturated carbocycles. The van der Waals surface area contributed by atoms with Crippen molar-refractivity contribution in [1.29, 1.82) is 0 Å². The lowest BCUT2D eigenvalue weighted by atomic mass is 10.2. The van der Waals surface area contributed by atoms with Gasteiger partial charge in [0.15, 0.2) is 0 Å². The Morgan fingerprint density at radius 1 is 1.47 bits per heavy atom. The summed E-state index contributed by atoms with van der Waals surface area (Å²) in [6, 6.07) is 1.32. The Hall–Kier alpha value is -1.04. The number of aromatic nitrogens is 2. The molecule has 3 nitrogen and oxygen atoms in total. The zero-order valence-corrected chi connectivity index (χ0v) is 8.51. The van der Waals surface area contributed by atoms with Gasteiger partial charge in [0.2, 0.25) is 5.88 Å². The molecule has 1 rings (SSSR count). The first-order valence-corrected chi connectivity index (χ1v) is 4.43. The van der Waals surface area contributed by atoms with Crippen LogP contribution in [0.5, 0.6) is 5.88 Å². The van der Waals surface area contributed by atoms with Crippen LogP contribution < -0.4 is 4.74 Å². The molecule has 0 aliphatic heterocycles. The highest BCUT2D eigenvalue weighted by molar-refractivity contribution is 6.21. The van der Waals surface area contributed by atoms with Crippen LogP contribution in [-0.2, 0) is 6.42 Å². The number of nitrogens with zero attached hydrogens (tertiary/aromatic N) is 2. The predicted molar refractivity (Wildman–Crippen MR) is 48.0 cm³/mol. The summed E-state index contributed by atoms with van der Waals surface area (Å²) >= 11 is 5.16. The minimum atomic E-state index is -4.43. The molecule has 0 fully saturated rings. The van der Waals surface area contributed by atoms with Crippen molar-refractivity contribution in [1.82, 2.24) is 9.97 Å². The Labute approximate surface area is 89.2 Å². The zero-order chi connectivity index (χ0) is 11.5. The van der Waals surface area contributed by atoms with Crippen molar-refractivity contribution in [3.63, 3.8) is 0 Å². The quantitative estimate of drug-likeness (QED) is 0.760. The van der Waals surface area contributed by atoms with Gasteiger partial charge < -0.3 is 4.74 Å². The maximum absolute atomic E-state index is 12.1. The normalized spacial score (nSPS) is 13.7. The SMILES string of the molecule is COc1cc(CC(Cl)C(F)(F)F)ncn1. The van der Waals surface area contributed by atoms with E-state index in [1.54, 1.807) is 0 Å². The molecule has 7 heteroatoms. The molecular weight excluding hydrogens is 233 g/mol. The van der Waals surface area contributed by atoms with Gasteiger partial charge in [0.1, 0.15) is 11.7 Å². The average molecular weight is 241 g/mol. The van der Waals surface area contributed by atoms with Gasteiger partial charge in [-0.3, -0.25) is 0 Å². The molecule has 1 unspecified atom stereocenters. The van der Waals surface area contributed by atoms with Crippen LogP contribution in [0.3, 0.4) is 0 Å². The zero-order valence-electron chi connectivity index (χ0n) is 7.75. The maximum atomic E-state index is 12.1. The number of alkyl halides is 4. The molecule has 0 radical (unpaired) electrons. The minimum Gasteiger partial charge on any atom is -0.481 e. The molecule has 0 aromatic carbocycles. The second-order valence-corrected chi connectivity index (χ2v) is 3.29. The fraction of sp³-hybridized carbons (Fsp3) is 0.500. The molecule has 0 amide bonds. The van der Waals surface area contributed by atoms with Gasteiger partial charge in [-0.05, 0) is 0 Å². The van der Waals surface area contributed by atoms with Gasteiger partial charge in [0.25, 0.3) is 0 Å². The molecule has 0 bridgehead atoms. The van der Waals surface area contributed by atoms with Gasteiger partial charge in [-0.2, -0.15) is 13.2 Å². The molecule has 0 spiro atoms. The Bertz CT molecular complexity index is 332. The first-order valence-electron chi connectivity index (χ1n) is 3.99. The molecule has 15 heavy (non-hydrogen) atoms. The smallest absolute Gasteiger partial charge is 0.405 e. The standard InChI is InChI=1S/C8H8ClF3N2O/c1-15-7-3-5(13-4-14-7)2-6(9)8(10,11)12/h3-4,6H,2H2,1H3. The van der Waals surface area contributed by atoms with E-state index in [0.717, 1.165) is 6.33 Å². The first-order chi connectivity index (χ1) is 6.93. The van der Waals surface area contributed by atoms with Gasteiger partial charge in [-0.1, -0.05) is 0 Å². The second-order valence-electron chi connectivity index (χ2n) is 2.76. The van der Waals surface area contributed by atoms with Crippen LogP contribution >= 0.6 is 11.6 Å². The van der Waals surface area contributed by atoms with E-state index >= 15 is 0 Å². The lowest BCUT2D eigenvalue weighted by Gasteiger charge is -2.12. The summed E-state index contributed by atoms with van der Waals surface area (Å²) in [4.78, 5) is 7.33. The lowest BCUT2D eigenvalue weighted by molar-refractivity contribution is -0.130. The van der Waals surface area contributed by atoms with E-state index in [4.69, 9.17) is 16.3 Å². The largest absolute Gasteiger partial charge is 0.481 e. The summed E-state index contributed by atoms with van der Waals surface area (Å²) in [6.45, 7) is 0. The van der Waals surface area contributed by atoms with Crippen LogP contribution in [-0.4, -0.2) is 28.6 Å². The van der Waals surface area contributed by atoms with Crippen molar-refractivity contribution in [3.8, 4) is 5.88 Å². The summed E-state index contributed by atoms with van der Waals surface area (Å²) in [5, 5.41) is -1.95. The third-order valence-electron chi connectivity index (χ3n) is 1.65. The van der Waals surface area contributed by atoms with Crippen molar-refractivity contribution in [2.45, 2.75) is 18.0 Å². The van der Waals surface area contributed by atoms with Gasteiger partial charge in [0, 0.05) is 18.2 Å². The van der Waals surface area contributed by atoms with Gasteiger partial charge in [-0.15, -0.1) is 11.6 Å². The Kier molecular flexibility index (Phi) is 3.73. The highest BCUT2D eigenvalue weighted by Crippen LogP contribution is 2.27. The molecule has 0 aliphatic carbocycles. The van der Waals surface area contributed by atoms with Crippen LogP contribution in [0.4, 0.5) is 13.2 Å². The number of rotatable bonds is 3. The van der Waals surface area contributed by atoms with Gasteiger partial charge >= 0.3 is 6.18 Å². The first kappa shape index (κ1) is 12.0. The minimum absolute atomic E-state index is 0.194. The van der Waals surface area contributed by atoms with Crippen molar-refractivity contribution in [3.05, 3.63) is 18.1 Å². The number of hydrogen-bond donors (Lipinski definition) is 0. The molecule has 84 valence electrons. The Morgan fingerprint density at radius 2 is 2.13 bits per heavy atom. The van der Waals surface area contributed by atoms with E-state index in [-0.39, 0.29) is 11.6 Å². The third-order valence-corrected chi connectivity index (χ3v) is 2.05. The molecule has 1 aromatic heterocycles. The number of hydrogen-bond acceptors (Lipinski definition) is 3. The van der Waals surface area contributed by atoms with Crippen LogP contribution in [0.15, 0.2) is 12.4 Å². The van der Waals surface area contributed by atoms with Crippen LogP contribution in [0.25, 0.3) is 0 Å². The topological polar surface area (TPSA) is 35.0 Å². The molecule has 0 aliphatic rings. The Balaban J connectivity index is 2.72. The van der Waals surface area contributed by atoms with Crippen LogP contribution in [0.2, 0.25) is 0 Å². The number of methoxy groups -OCH3 is 1. The summed E-state index contributed by atoms with van der Waals surface area (Å²) in [5.41, 5.74) is 0.194. The van der Waals surface area contributed by atoms with Crippen LogP contribution in [0.1, 0.15) is 5.69 Å². The monoisotopic (exact) mass is 240 g/mol. The maximum Gasteiger partial charge on any atom is 0.405 e. The molecular formula is C8H8ClF3N2O. The van der Waals surface area contributed by atoms with E-state index < -0.39 is 18.0 Å². The summed E-state index contributed by atoms with van der Waals surface area (Å²) in [5.74, 6) is 0.214. The number of halogens is 4. The van der Waals surface area contributed by atoms with Crippen molar-refractivity contribution < 1.29 is 17.9 Å². The van der Waals surface area contributed by atoms with Gasteiger partial charge in [0.05, 0.1) is 7.11 Å². The molecule has 0 saturated heterocycles. The van der Waals surface area contributed by atoms with Gasteiger partial charge in [-0.25, -0.2) is 9.97 Å². The molecule has 1 heterocycles. The fourth-order valence-corrected chi connectivity index (χ4v) is 1.06. The summed E-state index contributed by atoms with van der Waals surface area (Å²) in [6.07, 6.45) is -3.70. The summed E-state index contributed by atoms with van der Waals surface area (Å²) in [7, 11) is 1.37. The van der Waals surface area contributed by atoms with Crippen molar-refractivity contribution in [2.75, 3.05) is 7.11 Å². The van der Waals surface area contributed by atoms with E-state index in [0.29, 0.717) is 0 Å². The highest BCUT2D eigenvalue weighted by Gasteiger charge is 2.38. The Morgan fingerprint density at radius 3 is 2.67 bits per heavy atom. The van der Waals surface area contributed by atoms with Crippen molar-refractivity contribution >= 4 is 11.6 Å². The molecule has 1 atom stereocenters. The van der Waals surface area contributed by atoms with E-state index in [1.807, 2.05) is 0 Å². The molecule has 1 aromatic rings. The average Bonchev–Trinajstić information content (AvgIpc) is 2.16. The third kappa shape index (κ3) is 3.54. The van der Waals surface area contributed by atoms with Crippen LogP contribution in [0, 0.1) is 0 Å². The predicted octanol–water partition coefficient (Wildman–Crippen LogP) is 2.20. The lowest BCUT2D eigenvalue weighted by Crippen LogP contribution is -2.25. The van der Waals surface area contributed by atoms with E-state index in [2.05, 4.69) is 9.97 Å². The second kappa shape index (κ2) is 4.65. The summed E-state index contributed by atoms with van der Waals surface area (Å²) < 4.78 is 41.1.